The lowest BCUT2D eigenvalue weighted by Crippen LogP contribution is -2.27. The van der Waals surface area contributed by atoms with E-state index in [9.17, 15) is 13.6 Å². The monoisotopic (exact) mass is 360 g/mol. The molecule has 0 aliphatic heterocycles. The molecule has 0 saturated carbocycles. The van der Waals surface area contributed by atoms with E-state index in [1.807, 2.05) is 0 Å². The fourth-order valence-corrected chi connectivity index (χ4v) is 3.02. The molecule has 138 valence electrons. The fraction of sp³-hybridized carbons (Fsp3) is 0.350. The van der Waals surface area contributed by atoms with Crippen LogP contribution in [0.1, 0.15) is 48.7 Å². The number of amides is 1. The van der Waals surface area contributed by atoms with Crippen molar-refractivity contribution in [2.24, 2.45) is 0 Å². The molecule has 2 aromatic heterocycles. The highest BCUT2D eigenvalue weighted by atomic mass is 19.2. The second kappa shape index (κ2) is 8.17. The molecule has 0 atom stereocenters. The first-order valence-electron chi connectivity index (χ1n) is 8.89. The Morgan fingerprint density at radius 2 is 2.04 bits per heavy atom. The maximum Gasteiger partial charge on any atom is 0.268 e. The molecule has 0 spiro atoms. The molecule has 0 radical (unpaired) electrons. The summed E-state index contributed by atoms with van der Waals surface area (Å²) in [6.07, 6.45) is 5.75. The summed E-state index contributed by atoms with van der Waals surface area (Å²) >= 11 is 0. The van der Waals surface area contributed by atoms with Gasteiger partial charge in [-0.25, -0.2) is 8.78 Å². The van der Waals surface area contributed by atoms with E-state index in [2.05, 4.69) is 12.2 Å². The van der Waals surface area contributed by atoms with E-state index in [1.54, 1.807) is 16.7 Å². The van der Waals surface area contributed by atoms with E-state index in [0.717, 1.165) is 31.7 Å². The van der Waals surface area contributed by atoms with Gasteiger partial charge in [0.2, 0.25) is 0 Å². The van der Waals surface area contributed by atoms with Gasteiger partial charge < -0.3 is 14.3 Å². The van der Waals surface area contributed by atoms with Crippen molar-refractivity contribution in [2.45, 2.75) is 39.2 Å². The molecule has 3 rings (SSSR count). The average Bonchev–Trinajstić information content (AvgIpc) is 3.21. The van der Waals surface area contributed by atoms with Gasteiger partial charge in [-0.15, -0.1) is 0 Å². The number of aromatic nitrogens is 1. The molecular formula is C20H22F2N2O2. The normalized spacial score (nSPS) is 11.2. The summed E-state index contributed by atoms with van der Waals surface area (Å²) < 4.78 is 34.6. The number of benzene rings is 1. The first kappa shape index (κ1) is 18.2. The van der Waals surface area contributed by atoms with Crippen molar-refractivity contribution >= 4 is 17.0 Å². The van der Waals surface area contributed by atoms with Crippen LogP contribution in [0, 0.1) is 11.6 Å². The third-order valence-corrected chi connectivity index (χ3v) is 4.43. The quantitative estimate of drug-likeness (QED) is 0.583. The van der Waals surface area contributed by atoms with Crippen LogP contribution in [0.2, 0.25) is 0 Å². The number of carbonyl (C=O) groups excluding carboxylic acids is 1. The molecule has 0 aliphatic carbocycles. The van der Waals surface area contributed by atoms with Crippen molar-refractivity contribution in [3.8, 4) is 0 Å². The van der Waals surface area contributed by atoms with E-state index in [1.165, 1.54) is 18.4 Å². The molecule has 0 aliphatic rings. The molecule has 2 heterocycles. The summed E-state index contributed by atoms with van der Waals surface area (Å²) in [7, 11) is 0. The largest absolute Gasteiger partial charge is 0.463 e. The van der Waals surface area contributed by atoms with Crippen LogP contribution in [0.4, 0.5) is 8.78 Å². The fourth-order valence-electron chi connectivity index (χ4n) is 3.02. The third-order valence-electron chi connectivity index (χ3n) is 4.43. The molecule has 1 amide bonds. The lowest BCUT2D eigenvalue weighted by atomic mass is 10.2. The lowest BCUT2D eigenvalue weighted by molar-refractivity contribution is 0.0944. The minimum Gasteiger partial charge on any atom is -0.463 e. The molecule has 0 saturated heterocycles. The zero-order valence-electron chi connectivity index (χ0n) is 14.7. The van der Waals surface area contributed by atoms with Gasteiger partial charge in [-0.3, -0.25) is 4.79 Å². The van der Waals surface area contributed by atoms with Crippen LogP contribution >= 0.6 is 0 Å². The summed E-state index contributed by atoms with van der Waals surface area (Å²) in [5.74, 6) is -2.05. The molecule has 1 aromatic carbocycles. The number of nitrogens with zero attached hydrogens (tertiary/aromatic N) is 1. The van der Waals surface area contributed by atoms with Crippen LogP contribution in [0.15, 0.2) is 41.0 Å². The molecule has 26 heavy (non-hydrogen) atoms. The van der Waals surface area contributed by atoms with Crippen molar-refractivity contribution in [3.05, 3.63) is 59.5 Å². The highest BCUT2D eigenvalue weighted by Gasteiger charge is 2.19. The Morgan fingerprint density at radius 3 is 2.85 bits per heavy atom. The summed E-state index contributed by atoms with van der Waals surface area (Å²) in [6.45, 7) is 2.76. The van der Waals surface area contributed by atoms with Gasteiger partial charge in [0.15, 0.2) is 17.2 Å². The van der Waals surface area contributed by atoms with Crippen molar-refractivity contribution in [1.82, 2.24) is 9.88 Å². The number of hydrogen-bond donors (Lipinski definition) is 1. The van der Waals surface area contributed by atoms with Gasteiger partial charge in [-0.1, -0.05) is 38.3 Å². The number of hydrogen-bond acceptors (Lipinski definition) is 2. The number of carbonyl (C=O) groups is 1. The van der Waals surface area contributed by atoms with Crippen LogP contribution in [-0.4, -0.2) is 17.0 Å². The Kier molecular flexibility index (Phi) is 5.71. The van der Waals surface area contributed by atoms with Gasteiger partial charge in [-0.2, -0.15) is 0 Å². The molecule has 0 fully saturated rings. The van der Waals surface area contributed by atoms with Gasteiger partial charge in [0.25, 0.3) is 5.91 Å². The van der Waals surface area contributed by atoms with E-state index in [-0.39, 0.29) is 18.0 Å². The van der Waals surface area contributed by atoms with Crippen molar-refractivity contribution in [2.75, 3.05) is 6.54 Å². The van der Waals surface area contributed by atoms with Gasteiger partial charge in [0.1, 0.15) is 5.69 Å². The molecule has 1 N–H and O–H groups in total. The first-order valence-corrected chi connectivity index (χ1v) is 8.89. The highest BCUT2D eigenvalue weighted by molar-refractivity contribution is 5.97. The zero-order chi connectivity index (χ0) is 18.5. The summed E-state index contributed by atoms with van der Waals surface area (Å²) in [5, 5.41) is 2.89. The Balaban J connectivity index is 1.82. The predicted molar refractivity (Wildman–Crippen MR) is 96.1 cm³/mol. The third kappa shape index (κ3) is 3.79. The molecule has 3 aromatic rings. The number of unbranched alkanes of at least 4 members (excludes halogenated alkanes) is 3. The van der Waals surface area contributed by atoms with E-state index in [0.29, 0.717) is 23.3 Å². The molecule has 4 nitrogen and oxygen atoms in total. The topological polar surface area (TPSA) is 47.2 Å². The standard InChI is InChI=1S/C20H22F2N2O2/c1-2-3-4-5-10-23-20(25)17-12-18-16(9-11-26-18)24(17)13-14-7-6-8-15(21)19(14)22/h6-9,11-12H,2-5,10,13H2,1H3,(H,23,25). The molecule has 6 heteroatoms. The van der Waals surface area contributed by atoms with Crippen LogP contribution < -0.4 is 5.32 Å². The molecular weight excluding hydrogens is 338 g/mol. The number of rotatable bonds is 8. The molecule has 0 bridgehead atoms. The van der Waals surface area contributed by atoms with Crippen molar-refractivity contribution in [3.63, 3.8) is 0 Å². The lowest BCUT2D eigenvalue weighted by Gasteiger charge is -2.11. The van der Waals surface area contributed by atoms with E-state index >= 15 is 0 Å². The highest BCUT2D eigenvalue weighted by Crippen LogP contribution is 2.24. The maximum absolute atomic E-state index is 14.1. The summed E-state index contributed by atoms with van der Waals surface area (Å²) in [6, 6.07) is 7.39. The van der Waals surface area contributed by atoms with Gasteiger partial charge in [0.05, 0.1) is 18.3 Å². The molecule has 0 unspecified atom stereocenters. The Morgan fingerprint density at radius 1 is 1.19 bits per heavy atom. The van der Waals surface area contributed by atoms with E-state index < -0.39 is 11.6 Å². The van der Waals surface area contributed by atoms with Crippen molar-refractivity contribution < 1.29 is 18.0 Å². The van der Waals surface area contributed by atoms with Gasteiger partial charge in [0, 0.05) is 24.2 Å². The van der Waals surface area contributed by atoms with Crippen LogP contribution in [0.3, 0.4) is 0 Å². The first-order chi connectivity index (χ1) is 12.6. The maximum atomic E-state index is 14.1. The number of fused-ring (bicyclic) bond motifs is 1. The number of halogens is 2. The van der Waals surface area contributed by atoms with Crippen molar-refractivity contribution in [1.29, 1.82) is 0 Å². The SMILES string of the molecule is CCCCCCNC(=O)c1cc2occc2n1Cc1cccc(F)c1F. The Labute approximate surface area is 150 Å². The van der Waals surface area contributed by atoms with E-state index in [4.69, 9.17) is 4.42 Å². The Bertz CT molecular complexity index is 898. The average molecular weight is 360 g/mol. The Hall–Kier alpha value is -2.63. The smallest absolute Gasteiger partial charge is 0.268 e. The van der Waals surface area contributed by atoms with Crippen LogP contribution in [0.25, 0.3) is 11.1 Å². The second-order valence-electron chi connectivity index (χ2n) is 6.32. The summed E-state index contributed by atoms with van der Waals surface area (Å²) in [4.78, 5) is 12.6. The van der Waals surface area contributed by atoms with Crippen LogP contribution in [0.5, 0.6) is 0 Å². The van der Waals surface area contributed by atoms with Crippen LogP contribution in [-0.2, 0) is 6.54 Å². The van der Waals surface area contributed by atoms with Gasteiger partial charge >= 0.3 is 0 Å². The zero-order valence-corrected chi connectivity index (χ0v) is 14.7. The minimum absolute atomic E-state index is 0.0468. The van der Waals surface area contributed by atoms with Gasteiger partial charge in [-0.05, 0) is 12.5 Å². The summed E-state index contributed by atoms with van der Waals surface area (Å²) in [5.41, 5.74) is 1.77. The minimum atomic E-state index is -0.903. The number of nitrogens with one attached hydrogen (secondary N) is 1. The number of furan rings is 1. The predicted octanol–water partition coefficient (Wildman–Crippen LogP) is 4.87. The second-order valence-corrected chi connectivity index (χ2v) is 6.32.